The maximum absolute atomic E-state index is 11.0. The summed E-state index contributed by atoms with van der Waals surface area (Å²) >= 11 is 0. The number of benzene rings is 3. The Labute approximate surface area is 421 Å². The Kier molecular flexibility index (Phi) is 26.5. The molecule has 6 aromatic rings. The Morgan fingerprint density at radius 2 is 0.585 bits per heavy atom. The molecule has 0 unspecified atom stereocenters. The van der Waals surface area contributed by atoms with Crippen molar-refractivity contribution in [3.8, 4) is 17.2 Å². The first-order chi connectivity index (χ1) is 30.5. The number of nitrogens with zero attached hydrogens (tertiary/aromatic N) is 6. The first kappa shape index (κ1) is 57.0. The molecule has 6 heterocycles. The van der Waals surface area contributed by atoms with Gasteiger partial charge < -0.3 is 29.5 Å². The van der Waals surface area contributed by atoms with Crippen LogP contribution in [0.4, 0.5) is 0 Å². The van der Waals surface area contributed by atoms with Crippen LogP contribution in [-0.2, 0) is 14.2 Å². The minimum Gasteiger partial charge on any atom is -0.872 e. The number of aromatic nitrogens is 6. The molecule has 3 aliphatic heterocycles. The van der Waals surface area contributed by atoms with Gasteiger partial charge in [-0.25, -0.2) is 14.0 Å². The summed E-state index contributed by atoms with van der Waals surface area (Å²) in [4.78, 5) is 0. The third-order valence-corrected chi connectivity index (χ3v) is 10.5. The molecule has 1 radical (unpaired) electrons. The topological polar surface area (TPSA) is 150 Å². The van der Waals surface area contributed by atoms with Crippen LogP contribution < -0.4 is 15.3 Å². The van der Waals surface area contributed by atoms with E-state index in [0.717, 1.165) is 107 Å². The van der Waals surface area contributed by atoms with Gasteiger partial charge in [0.1, 0.15) is 0 Å². The van der Waals surface area contributed by atoms with Gasteiger partial charge in [0.15, 0.2) is 0 Å². The zero-order valence-corrected chi connectivity index (χ0v) is 43.7. The van der Waals surface area contributed by atoms with E-state index < -0.39 is 0 Å². The van der Waals surface area contributed by atoms with Crippen LogP contribution in [0.2, 0.25) is 0 Å². The molecule has 0 saturated carbocycles. The molecule has 3 aliphatic rings. The summed E-state index contributed by atoms with van der Waals surface area (Å²) in [5.74, 6) is 0.493. The Morgan fingerprint density at radius 3 is 0.708 bits per heavy atom. The molecule has 3 saturated heterocycles. The first-order valence-electron chi connectivity index (χ1n) is 22.5. The third-order valence-electron chi connectivity index (χ3n) is 10.5. The summed E-state index contributed by atoms with van der Waals surface area (Å²) in [7, 11) is 0. The first-order valence-corrected chi connectivity index (χ1v) is 22.5. The molecule has 9 rings (SSSR count). The van der Waals surface area contributed by atoms with Gasteiger partial charge >= 0.3 is 40.4 Å². The summed E-state index contributed by atoms with van der Waals surface area (Å²) in [6.45, 7) is 29.2. The summed E-state index contributed by atoms with van der Waals surface area (Å²) in [6, 6.07) is 22.9. The summed E-state index contributed by atoms with van der Waals surface area (Å²) in [5.41, 5.74) is 11.2. The number of hydrogen-bond donors (Lipinski definition) is 0. The smallest absolute Gasteiger partial charge is 0.872 e. The van der Waals surface area contributed by atoms with Crippen molar-refractivity contribution in [2.45, 2.75) is 128 Å². The van der Waals surface area contributed by atoms with Crippen LogP contribution in [0.15, 0.2) is 72.8 Å². The molecule has 0 N–H and O–H groups in total. The zero-order valence-electron chi connectivity index (χ0n) is 41.0. The molecule has 0 bridgehead atoms. The number of rotatable bonds is 3. The Morgan fingerprint density at radius 1 is 0.385 bits per heavy atom. The fraction of sp³-hybridized carbons (Fsp3) is 0.481. The maximum Gasteiger partial charge on any atom is 3.00 e. The average Bonchev–Trinajstić information content (AvgIpc) is 4.12. The van der Waals surface area contributed by atoms with E-state index >= 15 is 0 Å². The van der Waals surface area contributed by atoms with Crippen LogP contribution >= 0.6 is 0 Å². The molecule has 3 aromatic carbocycles. The van der Waals surface area contributed by atoms with E-state index in [9.17, 15) is 15.3 Å². The van der Waals surface area contributed by atoms with Gasteiger partial charge in [0.2, 0.25) is 6.29 Å². The van der Waals surface area contributed by atoms with Crippen molar-refractivity contribution in [3.05, 3.63) is 140 Å². The van der Waals surface area contributed by atoms with E-state index in [4.69, 9.17) is 14.2 Å². The fourth-order valence-corrected chi connectivity index (χ4v) is 6.88. The molecule has 3 aromatic heterocycles. The molecule has 65 heavy (non-hydrogen) atoms. The number of ether oxygens (including phenoxy) is 3. The van der Waals surface area contributed by atoms with Crippen LogP contribution in [0.5, 0.6) is 17.2 Å². The van der Waals surface area contributed by atoms with Crippen molar-refractivity contribution in [2.24, 2.45) is 0 Å². The average molecular weight is 1030 g/mol. The minimum atomic E-state index is -0.226. The minimum absolute atomic E-state index is 0. The van der Waals surface area contributed by atoms with Crippen LogP contribution in [0.25, 0.3) is 0 Å². The molecular formula is C52H73N6O6Sm. The van der Waals surface area contributed by atoms with Crippen LogP contribution in [0.3, 0.4) is 0 Å². The van der Waals surface area contributed by atoms with Gasteiger partial charge in [0.05, 0.1) is 17.1 Å². The van der Waals surface area contributed by atoms with Gasteiger partial charge in [-0.05, 0) is 140 Å². The van der Waals surface area contributed by atoms with Gasteiger partial charge in [-0.1, -0.05) is 88.0 Å². The van der Waals surface area contributed by atoms with E-state index in [0.29, 0.717) is 0 Å². The number of para-hydroxylation sites is 3. The zero-order chi connectivity index (χ0) is 47.2. The number of aryl methyl sites for hydroxylation is 12. The van der Waals surface area contributed by atoms with E-state index in [1.54, 1.807) is 0 Å². The van der Waals surface area contributed by atoms with Gasteiger partial charge in [-0.2, -0.15) is 15.3 Å². The van der Waals surface area contributed by atoms with E-state index in [1.807, 2.05) is 131 Å². The van der Waals surface area contributed by atoms with Gasteiger partial charge in [0, 0.05) is 56.7 Å². The van der Waals surface area contributed by atoms with Crippen molar-refractivity contribution < 1.29 is 69.9 Å². The second kappa shape index (κ2) is 30.2. The molecule has 13 heteroatoms. The van der Waals surface area contributed by atoms with Gasteiger partial charge in [-0.3, -0.25) is 0 Å². The molecule has 3 fully saturated rings. The fourth-order valence-electron chi connectivity index (χ4n) is 6.88. The van der Waals surface area contributed by atoms with Crippen molar-refractivity contribution in [1.82, 2.24) is 29.3 Å². The maximum atomic E-state index is 11.0. The summed E-state index contributed by atoms with van der Waals surface area (Å²) in [6.07, 6.45) is 7.44. The Hall–Kier alpha value is -4.09. The quantitative estimate of drug-likeness (QED) is 0.169. The molecule has 0 aliphatic carbocycles. The molecule has 12 nitrogen and oxygen atoms in total. The van der Waals surface area contributed by atoms with Gasteiger partial charge in [-0.15, -0.1) is 17.2 Å². The van der Waals surface area contributed by atoms with Crippen LogP contribution in [0, 0.1) is 123 Å². The van der Waals surface area contributed by atoms with Gasteiger partial charge in [0.25, 0.3) is 0 Å². The normalized spacial score (nSPS) is 13.4. The summed E-state index contributed by atoms with van der Waals surface area (Å²) in [5, 5.41) is 46.9. The SMILES string of the molecule is C1CCOC1.C1CCOC1.C1CCOC1.Cc1cc(C)n(C(n2nc(C)cc2C)n2nc(C)cc2C)n1.Cc1cccc(C)c1[O-].Cc1cccc(C)c1[O-].Cc1cccc(C)c1[O-].[Sm+3]. The van der Waals surface area contributed by atoms with Crippen molar-refractivity contribution >= 4 is 0 Å². The second-order valence-electron chi connectivity index (χ2n) is 16.6. The van der Waals surface area contributed by atoms with Crippen molar-refractivity contribution in [1.29, 1.82) is 0 Å². The molecular weight excluding hydrogens is 955 g/mol. The Bertz CT molecular complexity index is 1940. The molecule has 0 spiro atoms. The Balaban J connectivity index is 0.000000284. The van der Waals surface area contributed by atoms with E-state index in [2.05, 4.69) is 54.3 Å². The van der Waals surface area contributed by atoms with Crippen LogP contribution in [0.1, 0.15) is 112 Å². The molecule has 0 atom stereocenters. The predicted molar refractivity (Wildman–Crippen MR) is 251 cm³/mol. The monoisotopic (exact) mass is 1030 g/mol. The van der Waals surface area contributed by atoms with Crippen LogP contribution in [-0.4, -0.2) is 69.0 Å². The standard InChI is InChI=1S/C16H22N6.3C8H10O.3C4H8O.Sm/c1-10-7-13(4)20(17-10)16(21-14(5)8-11(2)18-21)22-15(6)9-12(3)19-22;3*1-6-4-3-5-7(2)8(6)9;3*1-2-4-5-3-1;/h7-9,16H,1-6H3;3*3-5,9H,1-2H3;3*1-4H2;/q;;;;;;;+3/p-3. The van der Waals surface area contributed by atoms with E-state index in [1.165, 1.54) is 38.5 Å². The molecule has 353 valence electrons. The predicted octanol–water partition coefficient (Wildman–Crippen LogP) is 9.20. The second-order valence-corrected chi connectivity index (χ2v) is 16.6. The number of hydrogen-bond acceptors (Lipinski definition) is 9. The largest absolute Gasteiger partial charge is 3.00 e. The third kappa shape index (κ3) is 19.7. The van der Waals surface area contributed by atoms with E-state index in [-0.39, 0.29) is 63.9 Å². The summed E-state index contributed by atoms with van der Waals surface area (Å²) < 4.78 is 20.8. The van der Waals surface area contributed by atoms with Crippen molar-refractivity contribution in [3.63, 3.8) is 0 Å². The van der Waals surface area contributed by atoms with Crippen molar-refractivity contribution in [2.75, 3.05) is 39.6 Å². The molecule has 0 amide bonds.